The molecule has 1 N–H and O–H groups in total. The Bertz CT molecular complexity index is 542. The smallest absolute Gasteiger partial charge is 0.232 e. The molecule has 4 nitrogen and oxygen atoms in total. The minimum atomic E-state index is -1.15. The van der Waals surface area contributed by atoms with Gasteiger partial charge in [-0.1, -0.05) is 38.1 Å². The van der Waals surface area contributed by atoms with Crippen molar-refractivity contribution in [3.05, 3.63) is 35.4 Å². The van der Waals surface area contributed by atoms with Crippen LogP contribution in [0, 0.1) is 0 Å². The summed E-state index contributed by atoms with van der Waals surface area (Å²) in [6, 6.07) is 8.49. The second-order valence-corrected chi connectivity index (χ2v) is 8.08. The van der Waals surface area contributed by atoms with Crippen molar-refractivity contribution in [1.82, 2.24) is 5.32 Å². The van der Waals surface area contributed by atoms with Gasteiger partial charge in [-0.3, -0.25) is 9.00 Å². The number of hydrogen-bond acceptors (Lipinski definition) is 3. The zero-order valence-electron chi connectivity index (χ0n) is 14.2. The van der Waals surface area contributed by atoms with Crippen LogP contribution in [-0.4, -0.2) is 40.4 Å². The molecule has 0 aliphatic carbocycles. The van der Waals surface area contributed by atoms with E-state index < -0.39 is 10.8 Å². The van der Waals surface area contributed by atoms with Gasteiger partial charge in [-0.25, -0.2) is 0 Å². The summed E-state index contributed by atoms with van der Waals surface area (Å²) in [4.78, 5) is 11.9. The molecule has 1 fully saturated rings. The van der Waals surface area contributed by atoms with E-state index in [0.717, 1.165) is 12.8 Å². The Balaban J connectivity index is 1.71. The molecule has 5 heteroatoms. The number of amides is 1. The van der Waals surface area contributed by atoms with E-state index in [4.69, 9.17) is 4.74 Å². The van der Waals surface area contributed by atoms with Crippen molar-refractivity contribution in [3.8, 4) is 0 Å². The van der Waals surface area contributed by atoms with Gasteiger partial charge in [-0.05, 0) is 36.8 Å². The van der Waals surface area contributed by atoms with Crippen LogP contribution in [0.4, 0.5) is 0 Å². The van der Waals surface area contributed by atoms with Gasteiger partial charge >= 0.3 is 0 Å². The molecule has 1 aromatic rings. The Morgan fingerprint density at radius 3 is 2.61 bits per heavy atom. The van der Waals surface area contributed by atoms with Gasteiger partial charge in [-0.2, -0.15) is 0 Å². The molecule has 1 heterocycles. The van der Waals surface area contributed by atoms with E-state index in [1.807, 2.05) is 6.92 Å². The van der Waals surface area contributed by atoms with Crippen LogP contribution in [0.5, 0.6) is 0 Å². The molecule has 1 amide bonds. The molecule has 0 radical (unpaired) electrons. The van der Waals surface area contributed by atoms with Gasteiger partial charge in [0, 0.05) is 24.0 Å². The summed E-state index contributed by atoms with van der Waals surface area (Å²) in [5.74, 6) is 0.465. The first-order chi connectivity index (χ1) is 11.0. The average Bonchev–Trinajstić information content (AvgIpc) is 2.94. The van der Waals surface area contributed by atoms with E-state index in [-0.39, 0.29) is 23.0 Å². The third-order valence-corrected chi connectivity index (χ3v) is 6.14. The van der Waals surface area contributed by atoms with Gasteiger partial charge in [0.2, 0.25) is 5.91 Å². The van der Waals surface area contributed by atoms with Crippen molar-refractivity contribution in [3.63, 3.8) is 0 Å². The summed E-state index contributed by atoms with van der Waals surface area (Å²) < 4.78 is 17.6. The lowest BCUT2D eigenvalue weighted by Crippen LogP contribution is -2.34. The summed E-state index contributed by atoms with van der Waals surface area (Å²) in [6.45, 7) is 7.49. The monoisotopic (exact) mass is 337 g/mol. The van der Waals surface area contributed by atoms with Gasteiger partial charge in [0.15, 0.2) is 0 Å². The number of benzene rings is 1. The van der Waals surface area contributed by atoms with Crippen molar-refractivity contribution in [1.29, 1.82) is 0 Å². The van der Waals surface area contributed by atoms with Crippen LogP contribution in [0.15, 0.2) is 24.3 Å². The first kappa shape index (κ1) is 18.1. The van der Waals surface area contributed by atoms with Crippen molar-refractivity contribution in [2.45, 2.75) is 50.9 Å². The topological polar surface area (TPSA) is 55.4 Å². The maximum absolute atomic E-state index is 12.2. The molecule has 3 atom stereocenters. The number of carbonyl (C=O) groups excluding carboxylic acids is 1. The van der Waals surface area contributed by atoms with Crippen LogP contribution in [0.3, 0.4) is 0 Å². The highest BCUT2D eigenvalue weighted by Crippen LogP contribution is 2.18. The molecule has 0 spiro atoms. The van der Waals surface area contributed by atoms with E-state index in [0.29, 0.717) is 19.1 Å². The molecule has 0 bridgehead atoms. The summed E-state index contributed by atoms with van der Waals surface area (Å²) in [7, 11) is -1.15. The molecule has 1 aromatic carbocycles. The largest absolute Gasteiger partial charge is 0.377 e. The third-order valence-electron chi connectivity index (χ3n) is 4.30. The molecule has 2 rings (SSSR count). The van der Waals surface area contributed by atoms with Crippen molar-refractivity contribution in [2.24, 2.45) is 0 Å². The summed E-state index contributed by atoms with van der Waals surface area (Å²) >= 11 is 0. The lowest BCUT2D eigenvalue weighted by atomic mass is 10.0. The molecule has 0 aromatic heterocycles. The number of nitrogens with one attached hydrogen (secondary N) is 1. The summed E-state index contributed by atoms with van der Waals surface area (Å²) in [6.07, 6.45) is 1.56. The van der Waals surface area contributed by atoms with Gasteiger partial charge in [-0.15, -0.1) is 0 Å². The van der Waals surface area contributed by atoms with Crippen LogP contribution in [0.1, 0.15) is 44.2 Å². The van der Waals surface area contributed by atoms with E-state index >= 15 is 0 Å². The van der Waals surface area contributed by atoms with Crippen LogP contribution in [0.25, 0.3) is 0 Å². The molecule has 23 heavy (non-hydrogen) atoms. The fraction of sp³-hybridized carbons (Fsp3) is 0.611. The predicted octanol–water partition coefficient (Wildman–Crippen LogP) is 2.39. The Morgan fingerprint density at radius 1 is 1.35 bits per heavy atom. The quantitative estimate of drug-likeness (QED) is 0.831. The molecule has 0 saturated carbocycles. The van der Waals surface area contributed by atoms with E-state index in [2.05, 4.69) is 43.4 Å². The fourth-order valence-electron chi connectivity index (χ4n) is 2.76. The van der Waals surface area contributed by atoms with E-state index in [1.165, 1.54) is 11.1 Å². The first-order valence-corrected chi connectivity index (χ1v) is 9.70. The minimum absolute atomic E-state index is 0.00988. The molecular weight excluding hydrogens is 310 g/mol. The number of hydrogen-bond donors (Lipinski definition) is 1. The van der Waals surface area contributed by atoms with Gasteiger partial charge in [0.05, 0.1) is 11.4 Å². The Hall–Kier alpha value is -1.20. The van der Waals surface area contributed by atoms with Crippen LogP contribution in [0.2, 0.25) is 0 Å². The highest BCUT2D eigenvalue weighted by molar-refractivity contribution is 7.86. The highest BCUT2D eigenvalue weighted by Gasteiger charge is 2.30. The van der Waals surface area contributed by atoms with E-state index in [9.17, 15) is 9.00 Å². The van der Waals surface area contributed by atoms with Crippen LogP contribution >= 0.6 is 0 Å². The fourth-order valence-corrected chi connectivity index (χ4v) is 4.20. The standard InChI is InChI=1S/C18H27NO3S/c1-13(2)16-6-4-15(5-7-16)8-10-19-18(20)12-23(21)17-9-11-22-14(17)3/h4-7,13-14,17H,8-12H2,1-3H3,(H,19,20)/t14-,17+,23-/m0/s1. The lowest BCUT2D eigenvalue weighted by molar-refractivity contribution is -0.118. The Labute approximate surface area is 141 Å². The van der Waals surface area contributed by atoms with Gasteiger partial charge in [0.1, 0.15) is 5.75 Å². The van der Waals surface area contributed by atoms with Crippen LogP contribution < -0.4 is 5.32 Å². The molecule has 1 saturated heterocycles. The van der Waals surface area contributed by atoms with E-state index in [1.54, 1.807) is 0 Å². The molecule has 1 aliphatic rings. The highest BCUT2D eigenvalue weighted by atomic mass is 32.2. The van der Waals surface area contributed by atoms with Crippen LogP contribution in [-0.2, 0) is 26.8 Å². The second kappa shape index (κ2) is 8.60. The summed E-state index contributed by atoms with van der Waals surface area (Å²) in [5, 5.41) is 2.86. The molecular formula is C18H27NO3S. The van der Waals surface area contributed by atoms with Gasteiger partial charge < -0.3 is 10.1 Å². The molecule has 1 aliphatic heterocycles. The molecule has 0 unspecified atom stereocenters. The Morgan fingerprint density at radius 2 is 2.04 bits per heavy atom. The van der Waals surface area contributed by atoms with Crippen molar-refractivity contribution >= 4 is 16.7 Å². The summed E-state index contributed by atoms with van der Waals surface area (Å²) in [5.41, 5.74) is 2.52. The zero-order valence-corrected chi connectivity index (χ0v) is 15.0. The number of carbonyl (C=O) groups is 1. The minimum Gasteiger partial charge on any atom is -0.377 e. The Kier molecular flexibility index (Phi) is 6.78. The first-order valence-electron chi connectivity index (χ1n) is 8.31. The predicted molar refractivity (Wildman–Crippen MR) is 94.1 cm³/mol. The lowest BCUT2D eigenvalue weighted by Gasteiger charge is -2.13. The molecule has 128 valence electrons. The zero-order chi connectivity index (χ0) is 16.8. The maximum Gasteiger partial charge on any atom is 0.232 e. The van der Waals surface area contributed by atoms with Crippen molar-refractivity contribution < 1.29 is 13.7 Å². The average molecular weight is 337 g/mol. The number of rotatable bonds is 7. The normalized spacial score (nSPS) is 22.3. The third kappa shape index (κ3) is 5.43. The number of ether oxygens (including phenoxy) is 1. The second-order valence-electron chi connectivity index (χ2n) is 6.42. The van der Waals surface area contributed by atoms with Crippen molar-refractivity contribution in [2.75, 3.05) is 18.9 Å². The SMILES string of the molecule is CC(C)c1ccc(CCNC(=O)C[S@](=O)[C@@H]2CCO[C@H]2C)cc1. The maximum atomic E-state index is 12.2. The van der Waals surface area contributed by atoms with Gasteiger partial charge in [0.25, 0.3) is 0 Å².